The van der Waals surface area contributed by atoms with Gasteiger partial charge in [-0.3, -0.25) is 19.6 Å². The van der Waals surface area contributed by atoms with Crippen molar-refractivity contribution in [2.75, 3.05) is 0 Å². The third-order valence-electron chi connectivity index (χ3n) is 7.41. The minimum Gasteiger partial charge on any atom is -0.573 e. The van der Waals surface area contributed by atoms with Crippen molar-refractivity contribution < 1.29 is 25.7 Å². The maximum Gasteiger partial charge on any atom is 2.00 e. The van der Waals surface area contributed by atoms with Gasteiger partial charge in [0.2, 0.25) is 0 Å². The Morgan fingerprint density at radius 3 is 2.36 bits per heavy atom. The van der Waals surface area contributed by atoms with E-state index in [0.29, 0.717) is 0 Å². The molecule has 7 nitrogen and oxygen atoms in total. The molecule has 0 N–H and O–H groups in total. The summed E-state index contributed by atoms with van der Waals surface area (Å²) in [5.41, 5.74) is 10.0. The molecule has 0 unspecified atom stereocenters. The summed E-state index contributed by atoms with van der Waals surface area (Å²) in [5, 5.41) is 15.8. The first-order valence-electron chi connectivity index (χ1n) is 13.5. The Labute approximate surface area is 245 Å². The third-order valence-corrected chi connectivity index (χ3v) is 7.41. The van der Waals surface area contributed by atoms with Gasteiger partial charge in [-0.25, -0.2) is 0 Å². The summed E-state index contributed by atoms with van der Waals surface area (Å²) in [5.74, 6) is 0. The van der Waals surface area contributed by atoms with Crippen molar-refractivity contribution in [2.45, 2.75) is 72.1 Å². The molecule has 0 spiro atoms. The first kappa shape index (κ1) is 28.8. The fraction of sp³-hybridized carbons (Fsp3) is 0.387. The predicted octanol–water partition coefficient (Wildman–Crippen LogP) is 5.22. The van der Waals surface area contributed by atoms with Crippen LogP contribution in [0.2, 0.25) is 0 Å². The van der Waals surface area contributed by atoms with E-state index in [9.17, 15) is 0 Å². The van der Waals surface area contributed by atoms with Crippen molar-refractivity contribution in [3.8, 4) is 22.8 Å². The van der Waals surface area contributed by atoms with Gasteiger partial charge in [0.1, 0.15) is 7.05 Å². The van der Waals surface area contributed by atoms with E-state index >= 15 is 0 Å². The molecule has 204 valence electrons. The zero-order chi connectivity index (χ0) is 26.9. The maximum atomic E-state index is 5.05. The summed E-state index contributed by atoms with van der Waals surface area (Å²) >= 11 is 0. The molecule has 0 radical (unpaired) electrons. The SMILES string of the molecule is CC(C)(C)c1ccncc1.CCc1n[n-]c(-c2nc(-c3[n-][n+](C)c4c3CCCC4)cc3ccncc23)c1C.[Pt+2]. The Morgan fingerprint density at radius 2 is 1.69 bits per heavy atom. The number of fused-ring (bicyclic) bond motifs is 2. The van der Waals surface area contributed by atoms with Crippen LogP contribution >= 0.6 is 0 Å². The minimum atomic E-state index is 0. The van der Waals surface area contributed by atoms with E-state index in [1.165, 1.54) is 29.7 Å². The average Bonchev–Trinajstić information content (AvgIpc) is 3.47. The van der Waals surface area contributed by atoms with Crippen molar-refractivity contribution in [2.24, 2.45) is 7.05 Å². The molecule has 0 amide bonds. The summed E-state index contributed by atoms with van der Waals surface area (Å²) < 4.78 is 2.03. The van der Waals surface area contributed by atoms with Crippen molar-refractivity contribution in [1.82, 2.24) is 30.2 Å². The van der Waals surface area contributed by atoms with Gasteiger partial charge in [-0.15, -0.1) is 0 Å². The molecule has 8 heteroatoms. The maximum absolute atomic E-state index is 5.05. The van der Waals surface area contributed by atoms with Crippen molar-refractivity contribution >= 4 is 10.8 Å². The first-order chi connectivity index (χ1) is 18.3. The van der Waals surface area contributed by atoms with E-state index in [1.807, 2.05) is 42.6 Å². The van der Waals surface area contributed by atoms with Gasteiger partial charge >= 0.3 is 21.1 Å². The largest absolute Gasteiger partial charge is 2.00 e. The number of nitrogens with zero attached hydrogens (tertiary/aromatic N) is 7. The summed E-state index contributed by atoms with van der Waals surface area (Å²) in [6.45, 7) is 10.8. The van der Waals surface area contributed by atoms with Crippen molar-refractivity contribution in [3.63, 3.8) is 0 Å². The molecule has 1 aliphatic rings. The van der Waals surface area contributed by atoms with E-state index < -0.39 is 0 Å². The van der Waals surface area contributed by atoms with Gasteiger partial charge < -0.3 is 15.3 Å². The average molecular weight is 702 g/mol. The molecule has 0 atom stereocenters. The van der Waals surface area contributed by atoms with Gasteiger partial charge in [0.05, 0.1) is 11.4 Å². The van der Waals surface area contributed by atoms with Crippen LogP contribution in [0.25, 0.3) is 33.5 Å². The molecule has 0 aromatic carbocycles. The van der Waals surface area contributed by atoms with E-state index in [2.05, 4.69) is 73.0 Å². The molecule has 6 rings (SSSR count). The quantitative estimate of drug-likeness (QED) is 0.240. The normalized spacial score (nSPS) is 12.9. The van der Waals surface area contributed by atoms with Crippen LogP contribution in [0.3, 0.4) is 0 Å². The van der Waals surface area contributed by atoms with Gasteiger partial charge in [0.25, 0.3) is 0 Å². The Kier molecular flexibility index (Phi) is 8.80. The summed E-state index contributed by atoms with van der Waals surface area (Å²) in [4.78, 5) is 13.3. The van der Waals surface area contributed by atoms with Crippen LogP contribution in [0.5, 0.6) is 0 Å². The van der Waals surface area contributed by atoms with E-state index in [1.54, 1.807) is 0 Å². The molecule has 0 bridgehead atoms. The second-order valence-electron chi connectivity index (χ2n) is 11.0. The Bertz CT molecular complexity index is 1560. The van der Waals surface area contributed by atoms with E-state index in [0.717, 1.165) is 64.1 Å². The van der Waals surface area contributed by atoms with Crippen LogP contribution < -0.4 is 14.9 Å². The smallest absolute Gasteiger partial charge is 0.573 e. The van der Waals surface area contributed by atoms with Crippen LogP contribution in [0.4, 0.5) is 0 Å². The molecule has 5 aromatic rings. The molecule has 39 heavy (non-hydrogen) atoms. The van der Waals surface area contributed by atoms with Crippen LogP contribution in [-0.2, 0) is 52.8 Å². The molecular weight excluding hydrogens is 665 g/mol. The summed E-state index contributed by atoms with van der Waals surface area (Å²) in [7, 11) is 2.04. The fourth-order valence-corrected chi connectivity index (χ4v) is 5.18. The van der Waals surface area contributed by atoms with Crippen molar-refractivity contribution in [3.05, 3.63) is 77.1 Å². The van der Waals surface area contributed by atoms with Gasteiger partial charge in [-0.1, -0.05) is 39.1 Å². The van der Waals surface area contributed by atoms with Crippen LogP contribution in [0, 0.1) is 6.92 Å². The number of aryl methyl sites for hydroxylation is 2. The molecular formula is C31H36N7Pt+. The number of pyridine rings is 3. The third kappa shape index (κ3) is 5.89. The standard InChI is InChI=1S/C22H23N6.C9H13N.Pt/c1-4-17-13(2)20(26-25-17)22-16-12-23-10-9-14(16)11-18(24-22)21-15-7-5-6-8-19(15)28(3)27-21;1-9(2,3)8-4-6-10-7-5-8;/h9-12H,4-8H2,1-3H3;4-7H,1-3H3;/q-1;;+2. The van der Waals surface area contributed by atoms with Gasteiger partial charge in [-0.05, 0) is 78.8 Å². The van der Waals surface area contributed by atoms with Crippen LogP contribution in [0.15, 0.2) is 49.1 Å². The first-order valence-corrected chi connectivity index (χ1v) is 13.5. The summed E-state index contributed by atoms with van der Waals surface area (Å²) in [6.07, 6.45) is 12.8. The minimum absolute atomic E-state index is 0. The number of rotatable bonds is 3. The van der Waals surface area contributed by atoms with E-state index in [-0.39, 0.29) is 26.5 Å². The van der Waals surface area contributed by atoms with Crippen molar-refractivity contribution in [1.29, 1.82) is 0 Å². The molecule has 0 aliphatic heterocycles. The van der Waals surface area contributed by atoms with Crippen LogP contribution in [-0.4, -0.2) is 20.1 Å². The molecule has 0 saturated heterocycles. The molecule has 0 fully saturated rings. The zero-order valence-corrected chi connectivity index (χ0v) is 25.9. The molecule has 5 aromatic heterocycles. The molecule has 0 saturated carbocycles. The second-order valence-corrected chi connectivity index (χ2v) is 11.0. The van der Waals surface area contributed by atoms with E-state index in [4.69, 9.17) is 10.1 Å². The number of hydrogen-bond donors (Lipinski definition) is 0. The Morgan fingerprint density at radius 1 is 0.974 bits per heavy atom. The molecule has 5 heterocycles. The number of hydrogen-bond acceptors (Lipinski definition) is 4. The van der Waals surface area contributed by atoms with Gasteiger partial charge in [-0.2, -0.15) is 0 Å². The monoisotopic (exact) mass is 701 g/mol. The Balaban J connectivity index is 0.000000273. The number of aromatic nitrogens is 7. The fourth-order valence-electron chi connectivity index (χ4n) is 5.18. The second kappa shape index (κ2) is 11.9. The topological polar surface area (TPSA) is 83.6 Å². The molecule has 1 aliphatic carbocycles. The predicted molar refractivity (Wildman–Crippen MR) is 150 cm³/mol. The van der Waals surface area contributed by atoms with Crippen LogP contribution in [0.1, 0.15) is 68.6 Å². The summed E-state index contributed by atoms with van der Waals surface area (Å²) in [6, 6.07) is 8.27. The Hall–Kier alpha value is -3.18. The zero-order valence-electron chi connectivity index (χ0n) is 23.6. The van der Waals surface area contributed by atoms with Gasteiger partial charge in [0.15, 0.2) is 5.69 Å². The van der Waals surface area contributed by atoms with Gasteiger partial charge in [0, 0.05) is 47.9 Å².